The van der Waals surface area contributed by atoms with Gasteiger partial charge in [-0.2, -0.15) is 0 Å². The van der Waals surface area contributed by atoms with E-state index in [1.165, 1.54) is 44.4 Å². The van der Waals surface area contributed by atoms with Crippen molar-refractivity contribution in [1.29, 1.82) is 0 Å². The van der Waals surface area contributed by atoms with Crippen LogP contribution in [0.4, 0.5) is 0 Å². The van der Waals surface area contributed by atoms with Crippen LogP contribution in [0.3, 0.4) is 0 Å². The van der Waals surface area contributed by atoms with Crippen molar-refractivity contribution in [2.24, 2.45) is 0 Å². The van der Waals surface area contributed by atoms with Crippen LogP contribution in [0.15, 0.2) is 206 Å². The highest BCUT2D eigenvalue weighted by Crippen LogP contribution is 2.61. The van der Waals surface area contributed by atoms with Crippen LogP contribution < -0.4 is 4.74 Å². The first-order chi connectivity index (χ1) is 32.3. The summed E-state index contributed by atoms with van der Waals surface area (Å²) in [5, 5.41) is 1.25. The average molecular weight is 850 g/mol. The first kappa shape index (κ1) is 39.5. The molecule has 4 heteroatoms. The number of benzene rings is 8. The molecular weight excluding hydrogens is 803 g/mol. The minimum absolute atomic E-state index is 0.193. The number of para-hydroxylation sites is 2. The summed E-state index contributed by atoms with van der Waals surface area (Å²) in [5.74, 6) is 2.43. The summed E-state index contributed by atoms with van der Waals surface area (Å²) in [6, 6.07) is 71.9. The Morgan fingerprint density at radius 1 is 0.470 bits per heavy atom. The molecule has 0 amide bonds. The molecule has 12 rings (SSSR count). The zero-order valence-electron chi connectivity index (χ0n) is 37.5. The standard InChI is InChI=1S/C62H47N3O/c1-5-18-56-40(2)47-23-9-15-29-57(47)65(56)46-34-31-42(32-35-46)60-63-54(41-19-7-6-8-20-41)39-55(64-60)45-22-17-21-43(37-45)44-33-36-59-53(38-44)62(52-28-14-16-30-58(52)66-59)50-26-12-10-24-48(50)61(3,4)49-25-11-13-27-51(49)62/h5-39H,1-4H3/b18-5-. The van der Waals surface area contributed by atoms with Crippen LogP contribution in [-0.4, -0.2) is 14.5 Å². The van der Waals surface area contributed by atoms with Gasteiger partial charge in [0.2, 0.25) is 0 Å². The Balaban J connectivity index is 0.993. The van der Waals surface area contributed by atoms with Crippen molar-refractivity contribution in [3.8, 4) is 62.2 Å². The lowest BCUT2D eigenvalue weighted by molar-refractivity contribution is 0.425. The molecule has 0 unspecified atom stereocenters. The summed E-state index contributed by atoms with van der Waals surface area (Å²) in [6.45, 7) is 8.99. The maximum absolute atomic E-state index is 6.83. The second-order valence-corrected chi connectivity index (χ2v) is 18.1. The first-order valence-electron chi connectivity index (χ1n) is 22.9. The van der Waals surface area contributed by atoms with Crippen LogP contribution in [-0.2, 0) is 10.8 Å². The summed E-state index contributed by atoms with van der Waals surface area (Å²) in [6.07, 6.45) is 4.30. The molecule has 66 heavy (non-hydrogen) atoms. The van der Waals surface area contributed by atoms with Crippen molar-refractivity contribution in [3.05, 3.63) is 251 Å². The van der Waals surface area contributed by atoms with Gasteiger partial charge in [0.25, 0.3) is 0 Å². The zero-order chi connectivity index (χ0) is 44.6. The van der Waals surface area contributed by atoms with E-state index in [-0.39, 0.29) is 5.41 Å². The van der Waals surface area contributed by atoms with E-state index < -0.39 is 5.41 Å². The van der Waals surface area contributed by atoms with E-state index in [0.29, 0.717) is 5.82 Å². The number of hydrogen-bond donors (Lipinski definition) is 0. The van der Waals surface area contributed by atoms with Crippen molar-refractivity contribution in [2.45, 2.75) is 38.5 Å². The van der Waals surface area contributed by atoms with Gasteiger partial charge in [0.15, 0.2) is 5.82 Å². The number of hydrogen-bond acceptors (Lipinski definition) is 3. The summed E-state index contributed by atoms with van der Waals surface area (Å²) in [4.78, 5) is 10.5. The second kappa shape index (κ2) is 15.3. The molecule has 8 aromatic carbocycles. The molecule has 0 fully saturated rings. The Morgan fingerprint density at radius 2 is 1.03 bits per heavy atom. The van der Waals surface area contributed by atoms with Crippen molar-refractivity contribution in [1.82, 2.24) is 14.5 Å². The van der Waals surface area contributed by atoms with Gasteiger partial charge in [-0.1, -0.05) is 159 Å². The van der Waals surface area contributed by atoms with Gasteiger partial charge in [0.1, 0.15) is 11.5 Å². The largest absolute Gasteiger partial charge is 0.457 e. The molecule has 0 N–H and O–H groups in total. The quantitative estimate of drug-likeness (QED) is 0.167. The fourth-order valence-corrected chi connectivity index (χ4v) is 11.0. The molecule has 4 nitrogen and oxygen atoms in total. The summed E-state index contributed by atoms with van der Waals surface area (Å²) < 4.78 is 9.17. The number of allylic oxidation sites excluding steroid dienone is 1. The van der Waals surface area contributed by atoms with E-state index in [0.717, 1.165) is 67.5 Å². The fourth-order valence-electron chi connectivity index (χ4n) is 11.0. The van der Waals surface area contributed by atoms with Gasteiger partial charge in [-0.15, -0.1) is 0 Å². The SMILES string of the molecule is C/C=C\c1c(C)c2ccccc2n1-c1ccc(-c2nc(-c3ccccc3)cc(-c3cccc(-c4ccc5c(c4)C4(c6ccccc6O5)c5ccccc5C(C)(C)c5ccccc54)c3)n2)cc1. The molecule has 0 saturated carbocycles. The van der Waals surface area contributed by atoms with Gasteiger partial charge in [-0.25, -0.2) is 9.97 Å². The predicted octanol–water partition coefficient (Wildman–Crippen LogP) is 15.6. The molecule has 10 aromatic rings. The number of nitrogens with zero attached hydrogens (tertiary/aromatic N) is 3. The maximum Gasteiger partial charge on any atom is 0.160 e. The minimum Gasteiger partial charge on any atom is -0.457 e. The normalized spacial score (nSPS) is 14.1. The molecular formula is C62H47N3O. The van der Waals surface area contributed by atoms with E-state index in [9.17, 15) is 0 Å². The predicted molar refractivity (Wildman–Crippen MR) is 271 cm³/mol. The third kappa shape index (κ3) is 5.98. The number of fused-ring (bicyclic) bond motifs is 9. The van der Waals surface area contributed by atoms with Gasteiger partial charge in [-0.3, -0.25) is 0 Å². The third-order valence-electron chi connectivity index (χ3n) is 14.1. The topological polar surface area (TPSA) is 39.9 Å². The Bertz CT molecular complexity index is 3510. The Labute approximate surface area is 386 Å². The molecule has 3 heterocycles. The summed E-state index contributed by atoms with van der Waals surface area (Å²) in [7, 11) is 0. The third-order valence-corrected chi connectivity index (χ3v) is 14.1. The first-order valence-corrected chi connectivity index (χ1v) is 22.9. The second-order valence-electron chi connectivity index (χ2n) is 18.1. The number of ether oxygens (including phenoxy) is 1. The van der Waals surface area contributed by atoms with E-state index in [2.05, 4.69) is 239 Å². The van der Waals surface area contributed by atoms with Crippen LogP contribution in [0.1, 0.15) is 65.4 Å². The van der Waals surface area contributed by atoms with Crippen molar-refractivity contribution in [3.63, 3.8) is 0 Å². The minimum atomic E-state index is -0.594. The number of aromatic nitrogens is 3. The van der Waals surface area contributed by atoms with Crippen LogP contribution in [0.2, 0.25) is 0 Å². The smallest absolute Gasteiger partial charge is 0.160 e. The molecule has 316 valence electrons. The molecule has 2 aromatic heterocycles. The van der Waals surface area contributed by atoms with E-state index in [4.69, 9.17) is 14.7 Å². The number of aryl methyl sites for hydroxylation is 1. The van der Waals surface area contributed by atoms with E-state index in [1.54, 1.807) is 0 Å². The maximum atomic E-state index is 6.83. The molecule has 0 saturated heterocycles. The van der Waals surface area contributed by atoms with Gasteiger partial charge in [0.05, 0.1) is 22.3 Å². The zero-order valence-corrected chi connectivity index (χ0v) is 37.5. The molecule has 1 aliphatic heterocycles. The molecule has 0 radical (unpaired) electrons. The van der Waals surface area contributed by atoms with Crippen LogP contribution in [0.25, 0.3) is 67.7 Å². The summed E-state index contributed by atoms with van der Waals surface area (Å²) in [5.41, 5.74) is 18.4. The van der Waals surface area contributed by atoms with Gasteiger partial charge in [-0.05, 0) is 120 Å². The molecule has 2 aliphatic rings. The summed E-state index contributed by atoms with van der Waals surface area (Å²) >= 11 is 0. The Kier molecular flexibility index (Phi) is 9.15. The average Bonchev–Trinajstić information content (AvgIpc) is 3.65. The van der Waals surface area contributed by atoms with Crippen LogP contribution in [0.5, 0.6) is 11.5 Å². The van der Waals surface area contributed by atoms with Gasteiger partial charge in [0, 0.05) is 50.0 Å². The van der Waals surface area contributed by atoms with E-state index >= 15 is 0 Å². The molecule has 0 bridgehead atoms. The van der Waals surface area contributed by atoms with E-state index in [1.807, 2.05) is 6.07 Å². The lowest BCUT2D eigenvalue weighted by atomic mass is 9.53. The Hall–Kier alpha value is -8.08. The monoisotopic (exact) mass is 849 g/mol. The highest BCUT2D eigenvalue weighted by atomic mass is 16.5. The van der Waals surface area contributed by atoms with Crippen molar-refractivity contribution in [2.75, 3.05) is 0 Å². The molecule has 1 spiro atoms. The van der Waals surface area contributed by atoms with Crippen molar-refractivity contribution >= 4 is 17.0 Å². The number of rotatable bonds is 6. The molecule has 1 aliphatic carbocycles. The highest BCUT2D eigenvalue weighted by molar-refractivity contribution is 5.90. The fraction of sp³-hybridized carbons (Fsp3) is 0.0968. The van der Waals surface area contributed by atoms with Gasteiger partial charge < -0.3 is 9.30 Å². The van der Waals surface area contributed by atoms with Crippen molar-refractivity contribution < 1.29 is 4.74 Å². The lowest BCUT2D eigenvalue weighted by Crippen LogP contribution is -2.43. The highest BCUT2D eigenvalue weighted by Gasteiger charge is 2.52. The Morgan fingerprint density at radius 3 is 1.76 bits per heavy atom. The lowest BCUT2D eigenvalue weighted by Gasteiger charge is -2.50. The van der Waals surface area contributed by atoms with Crippen LogP contribution >= 0.6 is 0 Å². The van der Waals surface area contributed by atoms with Gasteiger partial charge >= 0.3 is 0 Å². The van der Waals surface area contributed by atoms with Crippen LogP contribution in [0, 0.1) is 6.92 Å². The molecule has 0 atom stereocenters.